The summed E-state index contributed by atoms with van der Waals surface area (Å²) in [6, 6.07) is 0. The monoisotopic (exact) mass is 293 g/mol. The Morgan fingerprint density at radius 2 is 2.45 bits per heavy atom. The van der Waals surface area contributed by atoms with Gasteiger partial charge in [-0.1, -0.05) is 13.8 Å². The first-order valence-corrected chi connectivity index (χ1v) is 8.24. The first kappa shape index (κ1) is 14.0. The van der Waals surface area contributed by atoms with E-state index in [1.54, 1.807) is 11.3 Å². The summed E-state index contributed by atoms with van der Waals surface area (Å²) in [5.41, 5.74) is 1.41. The predicted molar refractivity (Wildman–Crippen MR) is 82.3 cm³/mol. The first-order chi connectivity index (χ1) is 9.67. The topological polar surface area (TPSA) is 38.6 Å². The lowest BCUT2D eigenvalue weighted by Crippen LogP contribution is -2.38. The molecule has 1 unspecified atom stereocenters. The van der Waals surface area contributed by atoms with Gasteiger partial charge < -0.3 is 10.1 Å². The zero-order valence-electron chi connectivity index (χ0n) is 12.3. The third-order valence-corrected chi connectivity index (χ3v) is 4.71. The highest BCUT2D eigenvalue weighted by molar-refractivity contribution is 7.15. The van der Waals surface area contributed by atoms with Crippen molar-refractivity contribution in [3.63, 3.8) is 0 Å². The minimum atomic E-state index is 0.221. The van der Waals surface area contributed by atoms with E-state index in [4.69, 9.17) is 9.72 Å². The van der Waals surface area contributed by atoms with Crippen LogP contribution in [0.2, 0.25) is 0 Å². The fraction of sp³-hybridized carbons (Fsp3) is 0.667. The molecule has 4 nitrogen and oxygen atoms in total. The first-order valence-electron chi connectivity index (χ1n) is 7.36. The Morgan fingerprint density at radius 3 is 3.15 bits per heavy atom. The van der Waals surface area contributed by atoms with E-state index in [1.807, 2.05) is 0 Å². The van der Waals surface area contributed by atoms with Gasteiger partial charge in [0.1, 0.15) is 0 Å². The van der Waals surface area contributed by atoms with Crippen LogP contribution in [0.5, 0.6) is 0 Å². The molecular formula is C15H23N3OS. The molecule has 2 aromatic heterocycles. The zero-order valence-corrected chi connectivity index (χ0v) is 13.1. The van der Waals surface area contributed by atoms with E-state index in [0.717, 1.165) is 44.1 Å². The van der Waals surface area contributed by atoms with E-state index in [-0.39, 0.29) is 5.41 Å². The molecule has 0 aromatic carbocycles. The molecule has 1 aliphatic heterocycles. The summed E-state index contributed by atoms with van der Waals surface area (Å²) in [5.74, 6) is 0.687. The number of hydrogen-bond donors (Lipinski definition) is 1. The van der Waals surface area contributed by atoms with Crippen LogP contribution in [0.15, 0.2) is 17.8 Å². The van der Waals surface area contributed by atoms with Crippen molar-refractivity contribution in [1.82, 2.24) is 14.7 Å². The molecule has 0 radical (unpaired) electrons. The number of hydrogen-bond acceptors (Lipinski definition) is 4. The number of rotatable bonds is 6. The number of fused-ring (bicyclic) bond motifs is 1. The molecule has 1 saturated heterocycles. The SMILES string of the molecule is CC(C)CNCC1(Cc2cn3ccsc3n2)CCOC1. The molecule has 0 spiro atoms. The second-order valence-corrected chi connectivity index (χ2v) is 7.20. The van der Waals surface area contributed by atoms with E-state index < -0.39 is 0 Å². The third kappa shape index (κ3) is 3.05. The predicted octanol–water partition coefficient (Wildman–Crippen LogP) is 2.59. The number of aromatic nitrogens is 2. The Balaban J connectivity index is 1.68. The molecule has 0 aliphatic carbocycles. The van der Waals surface area contributed by atoms with Gasteiger partial charge in [0.2, 0.25) is 0 Å². The van der Waals surface area contributed by atoms with E-state index >= 15 is 0 Å². The highest BCUT2D eigenvalue weighted by atomic mass is 32.1. The smallest absolute Gasteiger partial charge is 0.193 e. The minimum absolute atomic E-state index is 0.221. The Labute approximate surface area is 124 Å². The molecule has 3 heterocycles. The number of ether oxygens (including phenoxy) is 1. The quantitative estimate of drug-likeness (QED) is 0.889. The maximum Gasteiger partial charge on any atom is 0.193 e. The van der Waals surface area contributed by atoms with Crippen LogP contribution in [0.25, 0.3) is 4.96 Å². The molecule has 2 aromatic rings. The van der Waals surface area contributed by atoms with Crippen LogP contribution in [-0.4, -0.2) is 35.7 Å². The van der Waals surface area contributed by atoms with Crippen molar-refractivity contribution < 1.29 is 4.74 Å². The standard InChI is InChI=1S/C15H23N3OS/c1-12(2)8-16-10-15(3-5-19-11-15)7-13-9-18-4-6-20-14(18)17-13/h4,6,9,12,16H,3,5,7-8,10-11H2,1-2H3. The molecule has 110 valence electrons. The molecule has 0 bridgehead atoms. The lowest BCUT2D eigenvalue weighted by Gasteiger charge is -2.27. The molecule has 20 heavy (non-hydrogen) atoms. The van der Waals surface area contributed by atoms with Crippen LogP contribution >= 0.6 is 11.3 Å². The van der Waals surface area contributed by atoms with E-state index in [2.05, 4.69) is 41.3 Å². The van der Waals surface area contributed by atoms with Gasteiger partial charge in [0, 0.05) is 42.8 Å². The summed E-state index contributed by atoms with van der Waals surface area (Å²) >= 11 is 1.69. The molecule has 3 rings (SSSR count). The summed E-state index contributed by atoms with van der Waals surface area (Å²) in [6.45, 7) is 8.31. The van der Waals surface area contributed by atoms with E-state index in [0.29, 0.717) is 5.92 Å². The molecule has 0 amide bonds. The largest absolute Gasteiger partial charge is 0.381 e. The fourth-order valence-corrected chi connectivity index (χ4v) is 3.58. The summed E-state index contributed by atoms with van der Waals surface area (Å²) in [4.78, 5) is 5.81. The average Bonchev–Trinajstić information content (AvgIpc) is 3.05. The summed E-state index contributed by atoms with van der Waals surface area (Å²) in [7, 11) is 0. The van der Waals surface area contributed by atoms with Gasteiger partial charge in [0.15, 0.2) is 4.96 Å². The Morgan fingerprint density at radius 1 is 1.55 bits per heavy atom. The number of imidazole rings is 1. The second kappa shape index (κ2) is 5.84. The summed E-state index contributed by atoms with van der Waals surface area (Å²) in [5, 5.41) is 5.68. The maximum atomic E-state index is 5.67. The van der Waals surface area contributed by atoms with Crippen molar-refractivity contribution in [2.45, 2.75) is 26.7 Å². The molecule has 1 N–H and O–H groups in total. The Bertz CT molecular complexity index is 526. The lowest BCUT2D eigenvalue weighted by molar-refractivity contribution is 0.148. The van der Waals surface area contributed by atoms with E-state index in [9.17, 15) is 0 Å². The number of nitrogens with one attached hydrogen (secondary N) is 1. The fourth-order valence-electron chi connectivity index (χ4n) is 2.86. The maximum absolute atomic E-state index is 5.67. The van der Waals surface area contributed by atoms with Gasteiger partial charge >= 0.3 is 0 Å². The Kier molecular flexibility index (Phi) is 4.10. The number of nitrogens with zero attached hydrogens (tertiary/aromatic N) is 2. The lowest BCUT2D eigenvalue weighted by atomic mass is 9.82. The molecular weight excluding hydrogens is 270 g/mol. The Hall–Kier alpha value is -0.910. The molecule has 0 saturated carbocycles. The normalized spacial score (nSPS) is 23.1. The van der Waals surface area contributed by atoms with Crippen molar-refractivity contribution in [3.05, 3.63) is 23.5 Å². The van der Waals surface area contributed by atoms with Crippen molar-refractivity contribution >= 4 is 16.3 Å². The van der Waals surface area contributed by atoms with Crippen LogP contribution in [0.3, 0.4) is 0 Å². The van der Waals surface area contributed by atoms with Gasteiger partial charge in [-0.2, -0.15) is 0 Å². The minimum Gasteiger partial charge on any atom is -0.381 e. The molecule has 1 fully saturated rings. The zero-order chi connectivity index (χ0) is 14.0. The average molecular weight is 293 g/mol. The number of thiazole rings is 1. The van der Waals surface area contributed by atoms with Crippen LogP contribution in [0.4, 0.5) is 0 Å². The molecule has 1 atom stereocenters. The van der Waals surface area contributed by atoms with E-state index in [1.165, 1.54) is 5.69 Å². The van der Waals surface area contributed by atoms with Crippen LogP contribution < -0.4 is 5.32 Å². The molecule has 5 heteroatoms. The third-order valence-electron chi connectivity index (χ3n) is 3.94. The van der Waals surface area contributed by atoms with Crippen molar-refractivity contribution in [1.29, 1.82) is 0 Å². The van der Waals surface area contributed by atoms with Crippen LogP contribution in [0, 0.1) is 11.3 Å². The second-order valence-electron chi connectivity index (χ2n) is 6.33. The molecule has 1 aliphatic rings. The van der Waals surface area contributed by atoms with Gasteiger partial charge in [0.05, 0.1) is 12.3 Å². The summed E-state index contributed by atoms with van der Waals surface area (Å²) < 4.78 is 7.79. The van der Waals surface area contributed by atoms with Gasteiger partial charge in [-0.05, 0) is 18.9 Å². The van der Waals surface area contributed by atoms with Crippen LogP contribution in [0.1, 0.15) is 26.0 Å². The van der Waals surface area contributed by atoms with Gasteiger partial charge in [0.25, 0.3) is 0 Å². The highest BCUT2D eigenvalue weighted by Gasteiger charge is 2.35. The van der Waals surface area contributed by atoms with Gasteiger partial charge in [-0.25, -0.2) is 4.98 Å². The van der Waals surface area contributed by atoms with Crippen molar-refractivity contribution in [2.24, 2.45) is 11.3 Å². The van der Waals surface area contributed by atoms with Gasteiger partial charge in [-0.15, -0.1) is 11.3 Å². The highest BCUT2D eigenvalue weighted by Crippen LogP contribution is 2.32. The van der Waals surface area contributed by atoms with Crippen molar-refractivity contribution in [3.8, 4) is 0 Å². The van der Waals surface area contributed by atoms with Crippen LogP contribution in [-0.2, 0) is 11.2 Å². The summed E-state index contributed by atoms with van der Waals surface area (Å²) in [6.07, 6.45) is 6.37. The van der Waals surface area contributed by atoms with Gasteiger partial charge in [-0.3, -0.25) is 4.40 Å². The van der Waals surface area contributed by atoms with Crippen molar-refractivity contribution in [2.75, 3.05) is 26.3 Å².